The van der Waals surface area contributed by atoms with Crippen LogP contribution >= 0.6 is 0 Å². The van der Waals surface area contributed by atoms with Crippen LogP contribution in [0.1, 0.15) is 31.2 Å². The summed E-state index contributed by atoms with van der Waals surface area (Å²) in [6.07, 6.45) is 3.79. The van der Waals surface area contributed by atoms with E-state index in [1.54, 1.807) is 0 Å². The van der Waals surface area contributed by atoms with Gasteiger partial charge < -0.3 is 20.3 Å². The molecular weight excluding hydrogens is 332 g/mol. The van der Waals surface area contributed by atoms with E-state index >= 15 is 0 Å². The first-order valence-electron chi connectivity index (χ1n) is 9.40. The second-order valence-electron chi connectivity index (χ2n) is 7.57. The molecule has 7 nitrogen and oxygen atoms in total. The average molecular weight is 358 g/mol. The Kier molecular flexibility index (Phi) is 4.82. The molecule has 1 amide bonds. The van der Waals surface area contributed by atoms with Crippen LogP contribution in [0.4, 0.5) is 5.82 Å². The van der Waals surface area contributed by atoms with E-state index < -0.39 is 0 Å². The lowest BCUT2D eigenvalue weighted by Crippen LogP contribution is -2.63. The number of rotatable bonds is 5. The maximum Gasteiger partial charge on any atom is 0.239 e. The molecule has 2 heterocycles. The minimum absolute atomic E-state index is 0.0301. The van der Waals surface area contributed by atoms with Gasteiger partial charge in [-0.3, -0.25) is 9.69 Å². The summed E-state index contributed by atoms with van der Waals surface area (Å²) < 4.78 is 5.27. The number of aryl methyl sites for hydroxylation is 1. The van der Waals surface area contributed by atoms with Crippen LogP contribution in [0.25, 0.3) is 11.0 Å². The van der Waals surface area contributed by atoms with Crippen molar-refractivity contribution in [1.82, 2.24) is 15.4 Å². The molecule has 3 N–H and O–H groups in total. The fourth-order valence-corrected chi connectivity index (χ4v) is 3.95. The Balaban J connectivity index is 1.22. The van der Waals surface area contributed by atoms with Crippen molar-refractivity contribution < 1.29 is 14.4 Å². The first-order valence-corrected chi connectivity index (χ1v) is 9.40. The zero-order valence-electron chi connectivity index (χ0n) is 15.1. The van der Waals surface area contributed by atoms with Gasteiger partial charge in [0, 0.05) is 19.1 Å². The third-order valence-electron chi connectivity index (χ3n) is 5.50. The molecule has 26 heavy (non-hydrogen) atoms. The molecule has 1 saturated heterocycles. The van der Waals surface area contributed by atoms with E-state index in [9.17, 15) is 9.90 Å². The second-order valence-corrected chi connectivity index (χ2v) is 7.57. The number of aliphatic hydroxyl groups excluding tert-OH is 1. The number of benzene rings is 1. The predicted octanol–water partition coefficient (Wildman–Crippen LogP) is 1.65. The van der Waals surface area contributed by atoms with Crippen LogP contribution in [0.3, 0.4) is 0 Å². The fourth-order valence-electron chi connectivity index (χ4n) is 3.95. The van der Waals surface area contributed by atoms with Crippen molar-refractivity contribution in [1.29, 1.82) is 0 Å². The Morgan fingerprint density at radius 1 is 1.31 bits per heavy atom. The molecule has 140 valence electrons. The highest BCUT2D eigenvalue weighted by Gasteiger charge is 2.34. The van der Waals surface area contributed by atoms with Crippen LogP contribution in [-0.4, -0.2) is 58.9 Å². The Hall–Kier alpha value is -2.12. The largest absolute Gasteiger partial charge is 0.393 e. The van der Waals surface area contributed by atoms with Crippen LogP contribution in [0, 0.1) is 6.92 Å². The van der Waals surface area contributed by atoms with E-state index in [4.69, 9.17) is 4.52 Å². The highest BCUT2D eigenvalue weighted by atomic mass is 16.5. The van der Waals surface area contributed by atoms with E-state index in [-0.39, 0.29) is 24.6 Å². The number of aromatic nitrogens is 1. The van der Waals surface area contributed by atoms with Gasteiger partial charge >= 0.3 is 0 Å². The number of fused-ring (bicyclic) bond motifs is 1. The third-order valence-corrected chi connectivity index (χ3v) is 5.50. The van der Waals surface area contributed by atoms with Gasteiger partial charge in [-0.1, -0.05) is 16.8 Å². The van der Waals surface area contributed by atoms with Gasteiger partial charge in [0.05, 0.1) is 24.1 Å². The highest BCUT2D eigenvalue weighted by Crippen LogP contribution is 2.26. The molecule has 0 atom stereocenters. The number of aliphatic hydroxyl groups is 1. The molecule has 1 aliphatic heterocycles. The molecule has 0 radical (unpaired) electrons. The predicted molar refractivity (Wildman–Crippen MR) is 99.0 cm³/mol. The maximum atomic E-state index is 12.2. The van der Waals surface area contributed by atoms with Crippen LogP contribution in [0.15, 0.2) is 22.7 Å². The van der Waals surface area contributed by atoms with Crippen molar-refractivity contribution >= 4 is 22.7 Å². The Morgan fingerprint density at radius 3 is 2.85 bits per heavy atom. The van der Waals surface area contributed by atoms with Gasteiger partial charge in [0.2, 0.25) is 5.91 Å². The van der Waals surface area contributed by atoms with Gasteiger partial charge in [0.25, 0.3) is 0 Å². The minimum Gasteiger partial charge on any atom is -0.393 e. The molecule has 7 heteroatoms. The Morgan fingerprint density at radius 2 is 2.08 bits per heavy atom. The van der Waals surface area contributed by atoms with Gasteiger partial charge in [0.15, 0.2) is 11.4 Å². The summed E-state index contributed by atoms with van der Waals surface area (Å²) >= 11 is 0. The number of carbonyl (C=O) groups is 1. The van der Waals surface area contributed by atoms with Crippen molar-refractivity contribution in [3.05, 3.63) is 23.8 Å². The number of amides is 1. The van der Waals surface area contributed by atoms with Crippen molar-refractivity contribution in [2.45, 2.75) is 50.8 Å². The summed E-state index contributed by atoms with van der Waals surface area (Å²) in [6, 6.07) is 6.63. The second kappa shape index (κ2) is 7.25. The summed E-state index contributed by atoms with van der Waals surface area (Å²) in [5.41, 5.74) is 1.84. The van der Waals surface area contributed by atoms with Crippen molar-refractivity contribution in [3.8, 4) is 0 Å². The molecule has 2 aromatic rings. The fraction of sp³-hybridized carbons (Fsp3) is 0.579. The number of carbonyl (C=O) groups excluding carboxylic acids is 1. The van der Waals surface area contributed by atoms with Crippen LogP contribution in [0.2, 0.25) is 0 Å². The number of hydrogen-bond acceptors (Lipinski definition) is 6. The first-order chi connectivity index (χ1) is 12.6. The molecule has 1 aliphatic carbocycles. The van der Waals surface area contributed by atoms with Crippen LogP contribution in [0.5, 0.6) is 0 Å². The molecule has 1 aromatic heterocycles. The number of anilines is 1. The van der Waals surface area contributed by atoms with E-state index in [1.165, 1.54) is 0 Å². The van der Waals surface area contributed by atoms with Gasteiger partial charge in [-0.2, -0.15) is 0 Å². The van der Waals surface area contributed by atoms with Gasteiger partial charge in [0.1, 0.15) is 0 Å². The molecule has 1 aromatic carbocycles. The van der Waals surface area contributed by atoms with E-state index in [0.717, 1.165) is 49.7 Å². The Bertz CT molecular complexity index is 776. The quantitative estimate of drug-likeness (QED) is 0.753. The normalized spacial score (nSPS) is 24.4. The number of nitrogens with one attached hydrogen (secondary N) is 2. The lowest BCUT2D eigenvalue weighted by Gasteiger charge is -2.46. The number of nitrogens with zero attached hydrogens (tertiary/aromatic N) is 2. The molecule has 0 spiro atoms. The first kappa shape index (κ1) is 17.3. The summed E-state index contributed by atoms with van der Waals surface area (Å²) in [5, 5.41) is 20.6. The molecular formula is C19H26N4O3. The Labute approximate surface area is 152 Å². The topological polar surface area (TPSA) is 90.6 Å². The summed E-state index contributed by atoms with van der Waals surface area (Å²) in [5.74, 6) is 0.576. The van der Waals surface area contributed by atoms with Gasteiger partial charge in [-0.15, -0.1) is 0 Å². The van der Waals surface area contributed by atoms with Crippen molar-refractivity contribution in [2.75, 3.05) is 25.0 Å². The average Bonchev–Trinajstić information content (AvgIpc) is 2.99. The van der Waals surface area contributed by atoms with Crippen LogP contribution < -0.4 is 10.6 Å². The van der Waals surface area contributed by atoms with Crippen molar-refractivity contribution in [2.24, 2.45) is 0 Å². The number of hydrogen-bond donors (Lipinski definition) is 3. The molecule has 0 unspecified atom stereocenters. The van der Waals surface area contributed by atoms with Crippen molar-refractivity contribution in [3.63, 3.8) is 0 Å². The summed E-state index contributed by atoms with van der Waals surface area (Å²) in [4.78, 5) is 14.6. The smallest absolute Gasteiger partial charge is 0.239 e. The molecule has 1 saturated carbocycles. The minimum atomic E-state index is -0.120. The monoisotopic (exact) mass is 358 g/mol. The molecule has 2 aliphatic rings. The molecule has 0 bridgehead atoms. The van der Waals surface area contributed by atoms with E-state index in [2.05, 4.69) is 20.7 Å². The zero-order chi connectivity index (χ0) is 18.1. The summed E-state index contributed by atoms with van der Waals surface area (Å²) in [7, 11) is 0. The third kappa shape index (κ3) is 3.68. The van der Waals surface area contributed by atoms with Gasteiger partial charge in [-0.05, 0) is 44.7 Å². The standard InChI is InChI=1S/C19H26N4O3/c1-12-2-7-17-16(8-12)19(22-26-17)20-9-18(25)21-13-10-23(11-13)14-3-5-15(24)6-4-14/h2,7-8,13-15,24H,3-6,9-11H2,1H3,(H,20,22)(H,21,25). The number of likely N-dealkylation sites (tertiary alicyclic amines) is 1. The SMILES string of the molecule is Cc1ccc2onc(NCC(=O)NC3CN(C4CCC(O)CC4)C3)c2c1. The van der Waals surface area contributed by atoms with Gasteiger partial charge in [-0.25, -0.2) is 0 Å². The van der Waals surface area contributed by atoms with E-state index in [0.29, 0.717) is 17.4 Å². The molecule has 2 fully saturated rings. The lowest BCUT2D eigenvalue weighted by molar-refractivity contribution is -0.121. The highest BCUT2D eigenvalue weighted by molar-refractivity contribution is 5.90. The molecule has 4 rings (SSSR count). The van der Waals surface area contributed by atoms with Crippen LogP contribution in [-0.2, 0) is 4.79 Å². The van der Waals surface area contributed by atoms with E-state index in [1.807, 2.05) is 25.1 Å². The maximum absolute atomic E-state index is 12.2. The lowest BCUT2D eigenvalue weighted by atomic mass is 9.89. The zero-order valence-corrected chi connectivity index (χ0v) is 15.1. The summed E-state index contributed by atoms with van der Waals surface area (Å²) in [6.45, 7) is 4.00.